The number of hydrogen-bond donors (Lipinski definition) is 1. The second-order valence-electron chi connectivity index (χ2n) is 6.46. The van der Waals surface area contributed by atoms with Gasteiger partial charge >= 0.3 is 5.69 Å². The lowest BCUT2D eigenvalue weighted by Gasteiger charge is -2.11. The summed E-state index contributed by atoms with van der Waals surface area (Å²) in [7, 11) is 1.65. The molecule has 0 aromatic heterocycles. The molecule has 10 nitrogen and oxygen atoms in total. The molecule has 0 radical (unpaired) electrons. The zero-order chi connectivity index (χ0) is 22.4. The Morgan fingerprint density at radius 2 is 1.77 bits per heavy atom. The maximum atomic E-state index is 11.4. The number of benzene rings is 3. The van der Waals surface area contributed by atoms with Gasteiger partial charge in [-0.15, -0.1) is 10.2 Å². The van der Waals surface area contributed by atoms with E-state index in [2.05, 4.69) is 15.5 Å². The van der Waals surface area contributed by atoms with Gasteiger partial charge in [-0.05, 0) is 18.6 Å². The number of hydrogen-bond acceptors (Lipinski definition) is 8. The number of ether oxygens (including phenoxy) is 1. The van der Waals surface area contributed by atoms with Crippen molar-refractivity contribution in [3.63, 3.8) is 0 Å². The second-order valence-corrected chi connectivity index (χ2v) is 6.87. The molecular weight excluding hydrogens is 426 g/mol. The van der Waals surface area contributed by atoms with E-state index < -0.39 is 21.2 Å². The van der Waals surface area contributed by atoms with E-state index in [4.69, 9.17) is 16.3 Å². The third kappa shape index (κ3) is 5.11. The maximum Gasteiger partial charge on any atom is 0.305 e. The van der Waals surface area contributed by atoms with Gasteiger partial charge < -0.3 is 10.1 Å². The van der Waals surface area contributed by atoms with Crippen LogP contribution in [0.1, 0.15) is 6.42 Å². The minimum atomic E-state index is -0.779. The molecule has 0 heterocycles. The normalized spacial score (nSPS) is 11.2. The van der Waals surface area contributed by atoms with E-state index in [1.165, 1.54) is 0 Å². The van der Waals surface area contributed by atoms with Gasteiger partial charge in [0.15, 0.2) is 5.69 Å². The fourth-order valence-corrected chi connectivity index (χ4v) is 3.23. The van der Waals surface area contributed by atoms with Crippen LogP contribution in [0.2, 0.25) is 5.02 Å². The number of fused-ring (bicyclic) bond motifs is 1. The van der Waals surface area contributed by atoms with Crippen molar-refractivity contribution in [2.24, 2.45) is 10.2 Å². The lowest BCUT2D eigenvalue weighted by Crippen LogP contribution is -2.04. The predicted molar refractivity (Wildman–Crippen MR) is 118 cm³/mol. The van der Waals surface area contributed by atoms with Gasteiger partial charge in [0.1, 0.15) is 0 Å². The first-order chi connectivity index (χ1) is 14.9. The number of nitrogens with one attached hydrogen (secondary N) is 1. The Morgan fingerprint density at radius 1 is 1.03 bits per heavy atom. The van der Waals surface area contributed by atoms with Crippen LogP contribution in [-0.2, 0) is 4.74 Å². The van der Waals surface area contributed by atoms with Gasteiger partial charge in [0.25, 0.3) is 5.69 Å². The lowest BCUT2D eigenvalue weighted by atomic mass is 10.1. The third-order valence-corrected chi connectivity index (χ3v) is 4.72. The summed E-state index contributed by atoms with van der Waals surface area (Å²) in [5.41, 5.74) is 0.0450. The average molecular weight is 444 g/mol. The van der Waals surface area contributed by atoms with Gasteiger partial charge in [-0.2, -0.15) is 0 Å². The van der Waals surface area contributed by atoms with E-state index in [1.54, 1.807) is 13.2 Å². The third-order valence-electron chi connectivity index (χ3n) is 4.44. The van der Waals surface area contributed by atoms with Crippen LogP contribution in [-0.4, -0.2) is 30.1 Å². The van der Waals surface area contributed by atoms with Gasteiger partial charge in [0, 0.05) is 42.8 Å². The molecule has 3 aromatic carbocycles. The molecule has 0 fully saturated rings. The summed E-state index contributed by atoms with van der Waals surface area (Å²) >= 11 is 6.03. The molecule has 0 saturated heterocycles. The first-order valence-corrected chi connectivity index (χ1v) is 9.58. The summed E-state index contributed by atoms with van der Waals surface area (Å²) in [5.74, 6) is 0. The molecule has 0 saturated carbocycles. The Kier molecular flexibility index (Phi) is 7.06. The molecule has 0 aliphatic heterocycles. The topological polar surface area (TPSA) is 132 Å². The minimum absolute atomic E-state index is 0.231. The van der Waals surface area contributed by atoms with Crippen molar-refractivity contribution in [3.05, 3.63) is 73.8 Å². The van der Waals surface area contributed by atoms with Crippen LogP contribution in [0.3, 0.4) is 0 Å². The standard InChI is InChI=1S/C20H18ClN5O5/c1-31-10-4-9-22-17-7-8-18(15-6-3-2-5-14(15)17)23-24-20-16(21)11-13(25(27)28)12-19(20)26(29)30/h2-3,5-8,11-12,22H,4,9-10H2,1H3. The van der Waals surface area contributed by atoms with Gasteiger partial charge in [-0.1, -0.05) is 35.9 Å². The molecule has 31 heavy (non-hydrogen) atoms. The molecule has 3 aromatic rings. The Morgan fingerprint density at radius 3 is 2.45 bits per heavy atom. The number of nitro groups is 2. The maximum absolute atomic E-state index is 11.4. The molecule has 0 spiro atoms. The zero-order valence-electron chi connectivity index (χ0n) is 16.4. The van der Waals surface area contributed by atoms with Crippen LogP contribution in [0.4, 0.5) is 28.4 Å². The largest absolute Gasteiger partial charge is 0.385 e. The summed E-state index contributed by atoms with van der Waals surface area (Å²) in [5, 5.41) is 35.2. The second kappa shape index (κ2) is 9.92. The number of nitro benzene ring substituents is 2. The first kappa shape index (κ1) is 22.1. The monoisotopic (exact) mass is 443 g/mol. The number of halogens is 1. The predicted octanol–water partition coefficient (Wildman–Crippen LogP) is 6.17. The first-order valence-electron chi connectivity index (χ1n) is 9.21. The van der Waals surface area contributed by atoms with Crippen molar-refractivity contribution >= 4 is 50.8 Å². The Labute approximate surface area is 181 Å². The van der Waals surface area contributed by atoms with Crippen LogP contribution in [0, 0.1) is 20.2 Å². The van der Waals surface area contributed by atoms with E-state index in [9.17, 15) is 20.2 Å². The number of azo groups is 1. The van der Waals surface area contributed by atoms with Crippen molar-refractivity contribution in [3.8, 4) is 0 Å². The number of non-ortho nitro benzene ring substituents is 1. The highest BCUT2D eigenvalue weighted by molar-refractivity contribution is 6.33. The van der Waals surface area contributed by atoms with E-state index >= 15 is 0 Å². The van der Waals surface area contributed by atoms with Crippen molar-refractivity contribution in [1.82, 2.24) is 0 Å². The highest BCUT2D eigenvalue weighted by Gasteiger charge is 2.23. The Balaban J connectivity index is 1.99. The summed E-state index contributed by atoms with van der Waals surface area (Å²) in [6, 6.07) is 12.9. The molecular formula is C20H18ClN5O5. The zero-order valence-corrected chi connectivity index (χ0v) is 17.2. The Bertz CT molecular complexity index is 1170. The molecule has 0 unspecified atom stereocenters. The van der Waals surface area contributed by atoms with Crippen LogP contribution >= 0.6 is 11.6 Å². The minimum Gasteiger partial charge on any atom is -0.385 e. The van der Waals surface area contributed by atoms with Crippen LogP contribution < -0.4 is 5.32 Å². The summed E-state index contributed by atoms with van der Waals surface area (Å²) in [6.07, 6.45) is 0.842. The smallest absolute Gasteiger partial charge is 0.305 e. The fraction of sp³-hybridized carbons (Fsp3) is 0.200. The van der Waals surface area contributed by atoms with Crippen LogP contribution in [0.25, 0.3) is 10.8 Å². The quantitative estimate of drug-likeness (QED) is 0.182. The van der Waals surface area contributed by atoms with Gasteiger partial charge in [0.2, 0.25) is 0 Å². The number of nitrogens with zero attached hydrogens (tertiary/aromatic N) is 4. The van der Waals surface area contributed by atoms with Crippen molar-refractivity contribution in [2.75, 3.05) is 25.6 Å². The highest BCUT2D eigenvalue weighted by atomic mass is 35.5. The molecule has 160 valence electrons. The van der Waals surface area contributed by atoms with E-state index in [0.717, 1.165) is 41.6 Å². The summed E-state index contributed by atoms with van der Waals surface area (Å²) in [6.45, 7) is 1.37. The van der Waals surface area contributed by atoms with Crippen molar-refractivity contribution < 1.29 is 14.6 Å². The number of anilines is 1. The molecule has 1 N–H and O–H groups in total. The molecule has 3 rings (SSSR count). The average Bonchev–Trinajstić information content (AvgIpc) is 2.75. The van der Waals surface area contributed by atoms with Crippen LogP contribution in [0.5, 0.6) is 0 Å². The van der Waals surface area contributed by atoms with E-state index in [-0.39, 0.29) is 10.7 Å². The van der Waals surface area contributed by atoms with Crippen LogP contribution in [0.15, 0.2) is 58.8 Å². The summed E-state index contributed by atoms with van der Waals surface area (Å²) < 4.78 is 5.05. The van der Waals surface area contributed by atoms with Gasteiger partial charge in [-0.3, -0.25) is 20.2 Å². The highest BCUT2D eigenvalue weighted by Crippen LogP contribution is 2.40. The molecule has 0 aliphatic carbocycles. The van der Waals surface area contributed by atoms with E-state index in [1.807, 2.05) is 30.3 Å². The van der Waals surface area contributed by atoms with Crippen molar-refractivity contribution in [2.45, 2.75) is 6.42 Å². The molecule has 0 amide bonds. The van der Waals surface area contributed by atoms with Crippen molar-refractivity contribution in [1.29, 1.82) is 0 Å². The number of rotatable bonds is 9. The Hall–Kier alpha value is -3.63. The lowest BCUT2D eigenvalue weighted by molar-refractivity contribution is -0.393. The number of methoxy groups -OCH3 is 1. The molecule has 11 heteroatoms. The summed E-state index contributed by atoms with van der Waals surface area (Å²) in [4.78, 5) is 20.8. The molecule has 0 aliphatic rings. The SMILES string of the molecule is COCCCNc1ccc(N=Nc2c(Cl)cc([N+](=O)[O-])cc2[N+](=O)[O-])c2ccccc12. The molecule has 0 atom stereocenters. The van der Waals surface area contributed by atoms with Gasteiger partial charge in [-0.25, -0.2) is 0 Å². The van der Waals surface area contributed by atoms with Gasteiger partial charge in [0.05, 0.1) is 26.6 Å². The molecule has 0 bridgehead atoms. The fourth-order valence-electron chi connectivity index (χ4n) is 2.98. The van der Waals surface area contributed by atoms with E-state index in [0.29, 0.717) is 12.3 Å².